The van der Waals surface area contributed by atoms with Crippen LogP contribution in [0.15, 0.2) is 29.3 Å². The number of nitrogens with zero attached hydrogens (tertiary/aromatic N) is 1. The third-order valence-electron chi connectivity index (χ3n) is 3.74. The van der Waals surface area contributed by atoms with E-state index >= 15 is 0 Å². The van der Waals surface area contributed by atoms with Crippen LogP contribution in [0.5, 0.6) is 5.75 Å². The predicted molar refractivity (Wildman–Crippen MR) is 111 cm³/mol. The molecule has 6 heteroatoms. The van der Waals surface area contributed by atoms with Gasteiger partial charge in [0.1, 0.15) is 5.75 Å². The van der Waals surface area contributed by atoms with Crippen molar-refractivity contribution in [2.24, 2.45) is 22.6 Å². The molecule has 0 aliphatic carbocycles. The molecular formula is C18H32IN3O2. The maximum atomic E-state index is 9.12. The minimum absolute atomic E-state index is 0. The van der Waals surface area contributed by atoms with Gasteiger partial charge in [-0.05, 0) is 48.8 Å². The average Bonchev–Trinajstić information content (AvgIpc) is 2.53. The molecule has 0 fully saturated rings. The van der Waals surface area contributed by atoms with Crippen molar-refractivity contribution in [1.29, 1.82) is 0 Å². The maximum Gasteiger partial charge on any atom is 0.188 e. The number of aliphatic hydroxyl groups is 1. The summed E-state index contributed by atoms with van der Waals surface area (Å²) in [4.78, 5) is 4.41. The van der Waals surface area contributed by atoms with E-state index < -0.39 is 0 Å². The van der Waals surface area contributed by atoms with Crippen molar-refractivity contribution in [3.8, 4) is 5.75 Å². The number of nitrogens with one attached hydrogen (secondary N) is 1. The molecule has 0 heterocycles. The molecule has 1 atom stereocenters. The van der Waals surface area contributed by atoms with Crippen molar-refractivity contribution in [2.45, 2.75) is 33.1 Å². The molecule has 0 amide bonds. The van der Waals surface area contributed by atoms with Crippen LogP contribution in [0.1, 0.15) is 32.3 Å². The summed E-state index contributed by atoms with van der Waals surface area (Å²) in [6, 6.07) is 8.01. The molecule has 0 aliphatic heterocycles. The van der Waals surface area contributed by atoms with Gasteiger partial charge in [-0.15, -0.1) is 24.0 Å². The number of hydrogen-bond acceptors (Lipinski definition) is 3. The third-order valence-corrected chi connectivity index (χ3v) is 3.74. The van der Waals surface area contributed by atoms with Crippen LogP contribution in [0.25, 0.3) is 0 Å². The summed E-state index contributed by atoms with van der Waals surface area (Å²) < 4.78 is 5.14. The number of nitrogens with two attached hydrogens (primary N) is 1. The molecular weight excluding hydrogens is 417 g/mol. The van der Waals surface area contributed by atoms with Gasteiger partial charge >= 0.3 is 0 Å². The zero-order valence-corrected chi connectivity index (χ0v) is 17.3. The van der Waals surface area contributed by atoms with Gasteiger partial charge in [0.05, 0.1) is 7.11 Å². The van der Waals surface area contributed by atoms with Crippen molar-refractivity contribution in [3.63, 3.8) is 0 Å². The number of aliphatic imine (C=N–C) groups is 1. The highest BCUT2D eigenvalue weighted by atomic mass is 127. The lowest BCUT2D eigenvalue weighted by molar-refractivity contribution is 0.246. The maximum absolute atomic E-state index is 9.12. The Hall–Kier alpha value is -1.02. The van der Waals surface area contributed by atoms with Crippen molar-refractivity contribution in [2.75, 3.05) is 26.8 Å². The van der Waals surface area contributed by atoms with Crippen LogP contribution in [-0.2, 0) is 6.42 Å². The van der Waals surface area contributed by atoms with Crippen LogP contribution < -0.4 is 15.8 Å². The van der Waals surface area contributed by atoms with Crippen LogP contribution in [0.2, 0.25) is 0 Å². The monoisotopic (exact) mass is 449 g/mol. The smallest absolute Gasteiger partial charge is 0.188 e. The Labute approximate surface area is 163 Å². The zero-order chi connectivity index (χ0) is 17.1. The first-order valence-electron chi connectivity index (χ1n) is 8.32. The van der Waals surface area contributed by atoms with E-state index in [1.54, 1.807) is 7.11 Å². The van der Waals surface area contributed by atoms with Crippen molar-refractivity contribution in [3.05, 3.63) is 29.8 Å². The van der Waals surface area contributed by atoms with Crippen LogP contribution in [0.4, 0.5) is 0 Å². The SMILES string of the molecule is COc1ccc(CCNC(N)=NCC(CCO)CC(C)C)cc1.I. The summed E-state index contributed by atoms with van der Waals surface area (Å²) in [7, 11) is 1.66. The highest BCUT2D eigenvalue weighted by Crippen LogP contribution is 2.15. The van der Waals surface area contributed by atoms with Gasteiger partial charge < -0.3 is 20.9 Å². The Kier molecular flexibility index (Phi) is 12.7. The largest absolute Gasteiger partial charge is 0.497 e. The Morgan fingerprint density at radius 1 is 1.29 bits per heavy atom. The number of halogens is 1. The quantitative estimate of drug-likeness (QED) is 0.292. The topological polar surface area (TPSA) is 79.9 Å². The van der Waals surface area contributed by atoms with Crippen molar-refractivity contribution in [1.82, 2.24) is 5.32 Å². The molecule has 0 aliphatic rings. The standard InChI is InChI=1S/C18H31N3O2.HI/c1-14(2)12-16(9-11-22)13-21-18(19)20-10-8-15-4-6-17(23-3)7-5-15;/h4-7,14,16,22H,8-13H2,1-3H3,(H3,19,20,21);1H. The average molecular weight is 449 g/mol. The number of methoxy groups -OCH3 is 1. The van der Waals surface area contributed by atoms with E-state index in [4.69, 9.17) is 15.6 Å². The van der Waals surface area contributed by atoms with Gasteiger partial charge in [0.25, 0.3) is 0 Å². The molecule has 0 radical (unpaired) electrons. The van der Waals surface area contributed by atoms with Crippen molar-refractivity contribution < 1.29 is 9.84 Å². The zero-order valence-electron chi connectivity index (χ0n) is 15.0. The number of guanidine groups is 1. The van der Waals surface area contributed by atoms with Gasteiger partial charge in [0, 0.05) is 19.7 Å². The first-order valence-corrected chi connectivity index (χ1v) is 8.32. The summed E-state index contributed by atoms with van der Waals surface area (Å²) in [6.07, 6.45) is 2.72. The molecule has 0 bridgehead atoms. The van der Waals surface area contributed by atoms with E-state index in [9.17, 15) is 0 Å². The van der Waals surface area contributed by atoms with Gasteiger partial charge in [0.2, 0.25) is 0 Å². The van der Waals surface area contributed by atoms with E-state index in [1.165, 1.54) is 5.56 Å². The fourth-order valence-electron chi connectivity index (χ4n) is 2.54. The van der Waals surface area contributed by atoms with Gasteiger partial charge in [-0.3, -0.25) is 4.99 Å². The molecule has 1 unspecified atom stereocenters. The van der Waals surface area contributed by atoms with Gasteiger partial charge in [-0.2, -0.15) is 0 Å². The molecule has 1 rings (SSSR count). The van der Waals surface area contributed by atoms with Gasteiger partial charge in [-0.1, -0.05) is 26.0 Å². The van der Waals surface area contributed by atoms with Crippen LogP contribution in [0, 0.1) is 11.8 Å². The lowest BCUT2D eigenvalue weighted by Gasteiger charge is -2.16. The summed E-state index contributed by atoms with van der Waals surface area (Å²) >= 11 is 0. The minimum atomic E-state index is 0. The Balaban J connectivity index is 0.00000529. The van der Waals surface area contributed by atoms with E-state index in [-0.39, 0.29) is 30.6 Å². The molecule has 24 heavy (non-hydrogen) atoms. The number of rotatable bonds is 10. The number of benzene rings is 1. The lowest BCUT2D eigenvalue weighted by Crippen LogP contribution is -2.33. The molecule has 4 N–H and O–H groups in total. The second kappa shape index (κ2) is 13.3. The van der Waals surface area contributed by atoms with Gasteiger partial charge in [0.15, 0.2) is 5.96 Å². The molecule has 0 saturated heterocycles. The highest BCUT2D eigenvalue weighted by Gasteiger charge is 2.10. The third kappa shape index (κ3) is 9.97. The number of ether oxygens (including phenoxy) is 1. The summed E-state index contributed by atoms with van der Waals surface area (Å²) in [5.41, 5.74) is 7.14. The Morgan fingerprint density at radius 2 is 1.96 bits per heavy atom. The molecule has 0 aromatic heterocycles. The van der Waals surface area contributed by atoms with E-state index in [0.29, 0.717) is 24.3 Å². The molecule has 5 nitrogen and oxygen atoms in total. The highest BCUT2D eigenvalue weighted by molar-refractivity contribution is 14.0. The second-order valence-electron chi connectivity index (χ2n) is 6.26. The van der Waals surface area contributed by atoms with Crippen molar-refractivity contribution >= 4 is 29.9 Å². The van der Waals surface area contributed by atoms with Crippen LogP contribution >= 0.6 is 24.0 Å². The molecule has 138 valence electrons. The van der Waals surface area contributed by atoms with Crippen LogP contribution in [-0.4, -0.2) is 37.9 Å². The summed E-state index contributed by atoms with van der Waals surface area (Å²) in [5, 5.41) is 12.3. The fourth-order valence-corrected chi connectivity index (χ4v) is 2.54. The predicted octanol–water partition coefficient (Wildman–Crippen LogP) is 2.80. The summed E-state index contributed by atoms with van der Waals surface area (Å²) in [5.74, 6) is 2.33. The molecule has 1 aromatic carbocycles. The minimum Gasteiger partial charge on any atom is -0.497 e. The molecule has 1 aromatic rings. The first kappa shape index (κ1) is 23.0. The Bertz CT molecular complexity index is 464. The Morgan fingerprint density at radius 3 is 2.50 bits per heavy atom. The molecule has 0 spiro atoms. The fraction of sp³-hybridized carbons (Fsp3) is 0.611. The second-order valence-corrected chi connectivity index (χ2v) is 6.26. The van der Waals surface area contributed by atoms with Gasteiger partial charge in [-0.25, -0.2) is 0 Å². The normalized spacial score (nSPS) is 12.6. The van der Waals surface area contributed by atoms with Crippen LogP contribution in [0.3, 0.4) is 0 Å². The summed E-state index contributed by atoms with van der Waals surface area (Å²) in [6.45, 7) is 5.99. The van der Waals surface area contributed by atoms with E-state index in [0.717, 1.165) is 31.6 Å². The number of hydrogen-bond donors (Lipinski definition) is 3. The first-order chi connectivity index (χ1) is 11.0. The lowest BCUT2D eigenvalue weighted by atomic mass is 9.94. The van der Waals surface area contributed by atoms with E-state index in [2.05, 4.69) is 24.2 Å². The number of aliphatic hydroxyl groups excluding tert-OH is 1. The molecule has 0 saturated carbocycles. The van der Waals surface area contributed by atoms with E-state index in [1.807, 2.05) is 24.3 Å².